The molecule has 0 aliphatic carbocycles. The fraction of sp³-hybridized carbons (Fsp3) is 0. The first kappa shape index (κ1) is 77.9. The third kappa shape index (κ3) is 13.4. The topological polar surface area (TPSA) is 19.4 Å². The molecule has 0 fully saturated rings. The van der Waals surface area contributed by atoms with Gasteiger partial charge in [0.05, 0.1) is 0 Å². The van der Waals surface area contributed by atoms with Crippen LogP contribution in [0.2, 0.25) is 0 Å². The number of anilines is 3. The Kier molecular flexibility index (Phi) is 19.5. The molecule has 0 atom stereocenters. The van der Waals surface area contributed by atoms with Gasteiger partial charge in [0.1, 0.15) is 0 Å². The quantitative estimate of drug-likeness (QED) is 0.111. The fourth-order valence-corrected chi connectivity index (χ4v) is 22.1. The molecule has 0 aromatic heterocycles. The van der Waals surface area contributed by atoms with E-state index in [0.29, 0.717) is 34.2 Å². The minimum atomic E-state index is 0.283. The van der Waals surface area contributed by atoms with E-state index in [2.05, 4.69) is 539 Å². The number of nitrogens with zero attached hydrogens (tertiary/aromatic N) is 6. The zero-order chi connectivity index (χ0) is 87.1. The molecule has 0 bridgehead atoms. The van der Waals surface area contributed by atoms with E-state index in [9.17, 15) is 0 Å². The van der Waals surface area contributed by atoms with Gasteiger partial charge in [0.25, 0.3) is 0 Å². The van der Waals surface area contributed by atoms with Gasteiger partial charge < -0.3 is 28.9 Å². The van der Waals surface area contributed by atoms with Crippen molar-refractivity contribution < 1.29 is 0 Å². The summed E-state index contributed by atoms with van der Waals surface area (Å²) in [5.74, 6) is 11.4. The smallest absolute Gasteiger partial charge is 0.328 e. The highest BCUT2D eigenvalue weighted by atomic mass is 15.1. The summed E-state index contributed by atoms with van der Waals surface area (Å²) in [5, 5.41) is 21.2. The molecule has 18 aromatic rings. The molecule has 12 heteroatoms. The Morgan fingerprint density at radius 2 is 0.591 bits per heavy atom. The van der Waals surface area contributed by atoms with Crippen molar-refractivity contribution in [3.63, 3.8) is 0 Å². The van der Waals surface area contributed by atoms with Gasteiger partial charge in [-0.2, -0.15) is 0 Å². The minimum Gasteiger partial charge on any atom is -0.389 e. The van der Waals surface area contributed by atoms with E-state index in [0.717, 1.165) is 0 Å². The molecule has 132 heavy (non-hydrogen) atoms. The summed E-state index contributed by atoms with van der Waals surface area (Å²) in [5.41, 5.74) is 27.0. The van der Waals surface area contributed by atoms with Crippen LogP contribution in [0.15, 0.2) is 474 Å². The maximum atomic E-state index is 2.37. The molecule has 0 unspecified atom stereocenters. The normalized spacial score (nSPS) is 15.0. The standard InChI is InChI=1S/6C20H14BN/c1-3-7-17-15(5-1)9-10-19-18(17)12-14-22-20-8-4-2-6-16(20)11-13-21(19)22;1-3-7-17-15(5-1)9-10-20-18(17)12-14-22-13-11-16-6-2-4-8-19(16)21(20)22;1-2-9-17-15(7-1)16-8-3-4-10-18(16)20-19(17)11-14-22-13-6-5-12-21(20)22;1-2-8-16-15(7-1)11-12-18-20(16)17-9-3-4-10-19(17)22-14-6-5-13-21(18)22;1-2-8-16-14-19-18(13-15(16)7-1)17-9-3-4-10-20(17)22-12-6-5-11-21(19)22;1-2-6-16-15(5-1)7-8-18-17(16)9-10-20-19(18)11-14-22-13-4-3-12-21(20)22/h6*1-14H. The van der Waals surface area contributed by atoms with Crippen molar-refractivity contribution in [2.45, 2.75) is 0 Å². The van der Waals surface area contributed by atoms with Crippen molar-refractivity contribution in [1.82, 2.24) is 14.4 Å². The lowest BCUT2D eigenvalue weighted by Gasteiger charge is -2.36. The van der Waals surface area contributed by atoms with Crippen molar-refractivity contribution in [1.29, 1.82) is 0 Å². The molecular weight excluding hydrogens is 1590 g/mol. The van der Waals surface area contributed by atoms with Crippen molar-refractivity contribution in [2.24, 2.45) is 0 Å². The highest BCUT2D eigenvalue weighted by molar-refractivity contribution is 6.87. The Bertz CT molecular complexity index is 8270. The molecule has 0 N–H and O–H groups in total. The van der Waals surface area contributed by atoms with Gasteiger partial charge in [-0.25, -0.2) is 0 Å². The average molecular weight is 1670 g/mol. The maximum Gasteiger partial charge on any atom is 0.328 e. The molecule has 6 nitrogen and oxygen atoms in total. The van der Waals surface area contributed by atoms with Crippen LogP contribution in [0.3, 0.4) is 0 Å². The van der Waals surface area contributed by atoms with Gasteiger partial charge in [0, 0.05) is 28.2 Å². The first-order valence-electron chi connectivity index (χ1n) is 46.0. The highest BCUT2D eigenvalue weighted by Crippen LogP contribution is 2.43. The number of rotatable bonds is 0. The van der Waals surface area contributed by atoms with Crippen LogP contribution in [0.4, 0.5) is 17.1 Å². The summed E-state index contributed by atoms with van der Waals surface area (Å²) in [7, 11) is 0. The van der Waals surface area contributed by atoms with E-state index in [1.54, 1.807) is 0 Å². The van der Waals surface area contributed by atoms with Crippen LogP contribution in [-0.2, 0) is 0 Å². The van der Waals surface area contributed by atoms with Crippen molar-refractivity contribution in [2.75, 3.05) is 14.4 Å². The fourth-order valence-electron chi connectivity index (χ4n) is 22.1. The third-order valence-corrected chi connectivity index (χ3v) is 28.2. The molecule has 30 rings (SSSR count). The Labute approximate surface area is 772 Å². The number of hydrogen-bond acceptors (Lipinski definition) is 6. The van der Waals surface area contributed by atoms with Crippen LogP contribution in [0.5, 0.6) is 0 Å². The maximum absolute atomic E-state index is 2.37. The Morgan fingerprint density at radius 3 is 1.30 bits per heavy atom. The second-order valence-electron chi connectivity index (χ2n) is 35.2. The molecule has 12 aliphatic rings. The van der Waals surface area contributed by atoms with E-state index >= 15 is 0 Å². The van der Waals surface area contributed by atoms with E-state index in [1.165, 1.54) is 197 Å². The summed E-state index contributed by atoms with van der Waals surface area (Å²) in [6.45, 7) is 1.77. The molecule has 12 heterocycles. The number of benzene rings is 18. The van der Waals surface area contributed by atoms with Crippen molar-refractivity contribution >= 4 is 219 Å². The molecule has 12 aliphatic heterocycles. The lowest BCUT2D eigenvalue weighted by Crippen LogP contribution is -2.56. The van der Waals surface area contributed by atoms with Crippen molar-refractivity contribution in [3.05, 3.63) is 507 Å². The van der Waals surface area contributed by atoms with Crippen LogP contribution in [0.25, 0.3) is 145 Å². The van der Waals surface area contributed by atoms with Gasteiger partial charge in [-0.05, 0) is 304 Å². The van der Waals surface area contributed by atoms with Gasteiger partial charge in [-0.3, -0.25) is 0 Å². The highest BCUT2D eigenvalue weighted by Gasteiger charge is 2.39. The summed E-state index contributed by atoms with van der Waals surface area (Å²) >= 11 is 0. The molecule has 612 valence electrons. The monoisotopic (exact) mass is 1670 g/mol. The summed E-state index contributed by atoms with van der Waals surface area (Å²) < 4.78 is 0. The Morgan fingerprint density at radius 1 is 0.182 bits per heavy atom. The second kappa shape index (κ2) is 33.0. The molecule has 18 aromatic carbocycles. The number of para-hydroxylation sites is 3. The van der Waals surface area contributed by atoms with E-state index in [-0.39, 0.29) is 6.85 Å². The molecule has 0 saturated heterocycles. The first-order valence-corrected chi connectivity index (χ1v) is 46.0. The van der Waals surface area contributed by atoms with E-state index in [4.69, 9.17) is 0 Å². The van der Waals surface area contributed by atoms with Crippen LogP contribution in [0, 0.1) is 0 Å². The molecule has 0 radical (unpaired) electrons. The zero-order valence-electron chi connectivity index (χ0n) is 72.6. The largest absolute Gasteiger partial charge is 0.389 e. The summed E-state index contributed by atoms with van der Waals surface area (Å²) in [6.07, 6.45) is 50.0. The first-order chi connectivity index (χ1) is 65.5. The molecular formula is C120H84B6N6. The van der Waals surface area contributed by atoms with Gasteiger partial charge in [0.15, 0.2) is 0 Å². The Hall–Kier alpha value is -16.4. The predicted octanol–water partition coefficient (Wildman–Crippen LogP) is 23.8. The van der Waals surface area contributed by atoms with Crippen LogP contribution in [0.1, 0.15) is 33.4 Å². The molecule has 0 spiro atoms. The zero-order valence-corrected chi connectivity index (χ0v) is 72.6. The lowest BCUT2D eigenvalue weighted by atomic mass is 9.45. The SMILES string of the molecule is C1=CB2c3c(c4ccccc4c4ccccc34)C=CN2C=C1.C1=CB2c3cc4ccccc4cc3-c3ccccc3N2C=C1.C1=CB2c3ccc4c(ccc5ccccc54)c3C=CN2C=C1.C1=CB2c3ccc4ccccc4c3-c3ccccc3N2C=C1.C1=CN2C=Cc3c(ccc4ccccc34)B2c2ccccc21.C1=Cc2ccccc2N2C=Cc3c(ccc4ccccc34)B12. The minimum absolute atomic E-state index is 0.283. The number of fused-ring (bicyclic) bond motifs is 44. The van der Waals surface area contributed by atoms with Crippen molar-refractivity contribution in [3.8, 4) is 22.3 Å². The predicted molar refractivity (Wildman–Crippen MR) is 575 cm³/mol. The second-order valence-corrected chi connectivity index (χ2v) is 35.2. The number of allylic oxidation sites excluding steroid dienone is 8. The summed E-state index contributed by atoms with van der Waals surface area (Å²) in [6, 6.07) is 123. The van der Waals surface area contributed by atoms with Crippen LogP contribution >= 0.6 is 0 Å². The van der Waals surface area contributed by atoms with Crippen LogP contribution < -0.4 is 52.7 Å². The van der Waals surface area contributed by atoms with Gasteiger partial charge in [-0.1, -0.05) is 376 Å². The Balaban J connectivity index is 0.0000000851. The van der Waals surface area contributed by atoms with E-state index in [1.807, 2.05) is 0 Å². The van der Waals surface area contributed by atoms with E-state index < -0.39 is 0 Å². The lowest BCUT2D eigenvalue weighted by molar-refractivity contribution is 0.797. The van der Waals surface area contributed by atoms with Crippen LogP contribution in [-0.4, -0.2) is 55.5 Å². The molecule has 0 amide bonds. The van der Waals surface area contributed by atoms with Gasteiger partial charge in [-0.15, -0.1) is 0 Å². The number of hydrogen-bond donors (Lipinski definition) is 0. The van der Waals surface area contributed by atoms with Gasteiger partial charge in [0.2, 0.25) is 0 Å². The van der Waals surface area contributed by atoms with Gasteiger partial charge >= 0.3 is 41.1 Å². The summed E-state index contributed by atoms with van der Waals surface area (Å²) in [4.78, 5) is 13.9. The third-order valence-electron chi connectivity index (χ3n) is 28.2. The average Bonchev–Trinajstić information content (AvgIpc) is 0.743. The molecule has 0 saturated carbocycles.